The van der Waals surface area contributed by atoms with Gasteiger partial charge in [-0.1, -0.05) is 40.9 Å². The highest BCUT2D eigenvalue weighted by molar-refractivity contribution is 7.18. The molecule has 1 saturated heterocycles. The zero-order valence-electron chi connectivity index (χ0n) is 9.40. The Morgan fingerprint density at radius 1 is 1.16 bits per heavy atom. The molecular weight excluding hydrogens is 327 g/mol. The van der Waals surface area contributed by atoms with Crippen LogP contribution in [0.5, 0.6) is 0 Å². The molecule has 0 amide bonds. The van der Waals surface area contributed by atoms with Crippen LogP contribution in [-0.2, 0) is 4.74 Å². The van der Waals surface area contributed by atoms with Crippen molar-refractivity contribution in [2.45, 2.75) is 12.2 Å². The standard InChI is InChI=1S/C13H7Cl3O2S/c14-6-1-2-7(8(15)5-6)12-13(18-12)11(17)9-3-4-10(16)19-9/h1-5,12-13H/t12-,13-/m0/s1. The number of thiophene rings is 1. The first-order chi connectivity index (χ1) is 9.06. The zero-order valence-corrected chi connectivity index (χ0v) is 12.5. The van der Waals surface area contributed by atoms with Crippen molar-refractivity contribution in [3.05, 3.63) is 55.2 Å². The van der Waals surface area contributed by atoms with Gasteiger partial charge in [-0.05, 0) is 24.3 Å². The number of hydrogen-bond acceptors (Lipinski definition) is 3. The van der Waals surface area contributed by atoms with E-state index in [1.54, 1.807) is 30.3 Å². The second kappa shape index (κ2) is 5.08. The number of carbonyl (C=O) groups excluding carboxylic acids is 1. The first-order valence-corrected chi connectivity index (χ1v) is 7.41. The smallest absolute Gasteiger partial charge is 0.204 e. The van der Waals surface area contributed by atoms with Crippen LogP contribution in [0.3, 0.4) is 0 Å². The molecule has 2 nitrogen and oxygen atoms in total. The summed E-state index contributed by atoms with van der Waals surface area (Å²) in [5.74, 6) is -0.0621. The molecule has 1 aliphatic rings. The lowest BCUT2D eigenvalue weighted by atomic mass is 10.1. The average molecular weight is 334 g/mol. The molecule has 1 aromatic carbocycles. The van der Waals surface area contributed by atoms with Gasteiger partial charge in [-0.3, -0.25) is 4.79 Å². The van der Waals surface area contributed by atoms with Gasteiger partial charge in [-0.15, -0.1) is 11.3 Å². The molecular formula is C13H7Cl3O2S. The van der Waals surface area contributed by atoms with Crippen molar-refractivity contribution < 1.29 is 9.53 Å². The highest BCUT2D eigenvalue weighted by Crippen LogP contribution is 2.44. The summed E-state index contributed by atoms with van der Waals surface area (Å²) in [6, 6.07) is 8.56. The Hall–Kier alpha value is -0.580. The van der Waals surface area contributed by atoms with Crippen LogP contribution in [-0.4, -0.2) is 11.9 Å². The van der Waals surface area contributed by atoms with Gasteiger partial charge in [0.1, 0.15) is 6.10 Å². The van der Waals surface area contributed by atoms with Crippen molar-refractivity contribution in [3.63, 3.8) is 0 Å². The Bertz CT molecular complexity index is 653. The Balaban J connectivity index is 1.79. The van der Waals surface area contributed by atoms with Gasteiger partial charge in [0.15, 0.2) is 6.10 Å². The lowest BCUT2D eigenvalue weighted by Crippen LogP contribution is -2.06. The normalized spacial score (nSPS) is 21.4. The lowest BCUT2D eigenvalue weighted by molar-refractivity contribution is 0.0957. The van der Waals surface area contributed by atoms with E-state index in [2.05, 4.69) is 0 Å². The Morgan fingerprint density at radius 2 is 1.95 bits per heavy atom. The number of ketones is 1. The maximum Gasteiger partial charge on any atom is 0.204 e. The molecule has 1 aromatic heterocycles. The molecule has 19 heavy (non-hydrogen) atoms. The lowest BCUT2D eigenvalue weighted by Gasteiger charge is -2.00. The minimum atomic E-state index is -0.478. The van der Waals surface area contributed by atoms with Gasteiger partial charge >= 0.3 is 0 Å². The Labute approximate surface area is 128 Å². The van der Waals surface area contributed by atoms with Gasteiger partial charge in [0.05, 0.1) is 9.21 Å². The van der Waals surface area contributed by atoms with Gasteiger partial charge in [-0.25, -0.2) is 0 Å². The van der Waals surface area contributed by atoms with Crippen molar-refractivity contribution in [3.8, 4) is 0 Å². The summed E-state index contributed by atoms with van der Waals surface area (Å²) in [6.07, 6.45) is -0.772. The molecule has 1 aliphatic heterocycles. The predicted molar refractivity (Wildman–Crippen MR) is 77.7 cm³/mol. The van der Waals surface area contributed by atoms with E-state index < -0.39 is 6.10 Å². The topological polar surface area (TPSA) is 29.6 Å². The van der Waals surface area contributed by atoms with Gasteiger partial charge in [-0.2, -0.15) is 0 Å². The van der Waals surface area contributed by atoms with E-state index in [1.807, 2.05) is 0 Å². The maximum absolute atomic E-state index is 12.1. The van der Waals surface area contributed by atoms with E-state index in [4.69, 9.17) is 39.5 Å². The van der Waals surface area contributed by atoms with Crippen LogP contribution >= 0.6 is 46.1 Å². The molecule has 2 heterocycles. The minimum Gasteiger partial charge on any atom is -0.356 e. The van der Waals surface area contributed by atoms with Crippen molar-refractivity contribution in [2.75, 3.05) is 0 Å². The number of epoxide rings is 1. The van der Waals surface area contributed by atoms with Crippen LogP contribution < -0.4 is 0 Å². The van der Waals surface area contributed by atoms with Crippen molar-refractivity contribution in [2.24, 2.45) is 0 Å². The predicted octanol–water partition coefficient (Wildman–Crippen LogP) is 5.03. The number of hydrogen-bond donors (Lipinski definition) is 0. The molecule has 0 spiro atoms. The minimum absolute atomic E-state index is 0.0621. The van der Waals surface area contributed by atoms with Gasteiger partial charge in [0.25, 0.3) is 0 Å². The number of rotatable bonds is 3. The molecule has 0 saturated carbocycles. The molecule has 0 N–H and O–H groups in total. The highest BCUT2D eigenvalue weighted by atomic mass is 35.5. The fraction of sp³-hybridized carbons (Fsp3) is 0.154. The van der Waals surface area contributed by atoms with Crippen molar-refractivity contribution in [1.29, 1.82) is 0 Å². The molecule has 6 heteroatoms. The summed E-state index contributed by atoms with van der Waals surface area (Å²) >= 11 is 19.0. The summed E-state index contributed by atoms with van der Waals surface area (Å²) in [4.78, 5) is 12.7. The second-order valence-electron chi connectivity index (χ2n) is 4.11. The molecule has 2 aromatic rings. The first kappa shape index (κ1) is 13.4. The SMILES string of the molecule is O=C(c1ccc(Cl)s1)[C@@H]1O[C@H]1c1ccc(Cl)cc1Cl. The summed E-state index contributed by atoms with van der Waals surface area (Å²) in [7, 11) is 0. The van der Waals surface area contributed by atoms with Gasteiger partial charge in [0, 0.05) is 15.6 Å². The summed E-state index contributed by atoms with van der Waals surface area (Å²) in [6.45, 7) is 0. The maximum atomic E-state index is 12.1. The van der Waals surface area contributed by atoms with E-state index in [9.17, 15) is 4.79 Å². The molecule has 3 rings (SSSR count). The molecule has 0 bridgehead atoms. The summed E-state index contributed by atoms with van der Waals surface area (Å²) < 4.78 is 6.02. The second-order valence-corrected chi connectivity index (χ2v) is 6.67. The monoisotopic (exact) mass is 332 g/mol. The molecule has 98 valence electrons. The number of ether oxygens (including phenoxy) is 1. The first-order valence-electron chi connectivity index (χ1n) is 5.46. The summed E-state index contributed by atoms with van der Waals surface area (Å²) in [5, 5.41) is 1.07. The van der Waals surface area contributed by atoms with E-state index in [-0.39, 0.29) is 11.9 Å². The number of halogens is 3. The number of Topliss-reactive ketones (excluding diaryl/α,β-unsaturated/α-hetero) is 1. The molecule has 0 aliphatic carbocycles. The number of benzene rings is 1. The fourth-order valence-corrected chi connectivity index (χ4v) is 3.39. The molecule has 0 radical (unpaired) electrons. The number of carbonyl (C=O) groups is 1. The van der Waals surface area contributed by atoms with Gasteiger partial charge in [0.2, 0.25) is 5.78 Å². The Kier molecular flexibility index (Phi) is 3.58. The molecule has 2 atom stereocenters. The third-order valence-corrected chi connectivity index (χ3v) is 4.64. The largest absolute Gasteiger partial charge is 0.356 e. The van der Waals surface area contributed by atoms with E-state index >= 15 is 0 Å². The van der Waals surface area contributed by atoms with E-state index in [0.717, 1.165) is 5.56 Å². The van der Waals surface area contributed by atoms with Crippen LogP contribution in [0, 0.1) is 0 Å². The van der Waals surface area contributed by atoms with Crippen LogP contribution in [0.25, 0.3) is 0 Å². The Morgan fingerprint density at radius 3 is 2.58 bits per heavy atom. The van der Waals surface area contributed by atoms with E-state index in [1.165, 1.54) is 11.3 Å². The van der Waals surface area contributed by atoms with Gasteiger partial charge < -0.3 is 4.74 Å². The quantitative estimate of drug-likeness (QED) is 0.582. The van der Waals surface area contributed by atoms with Crippen LogP contribution in [0.1, 0.15) is 21.3 Å². The highest BCUT2D eigenvalue weighted by Gasteiger charge is 2.47. The fourth-order valence-electron chi connectivity index (χ4n) is 1.87. The molecule has 1 fully saturated rings. The third-order valence-electron chi connectivity index (χ3n) is 2.84. The third kappa shape index (κ3) is 2.67. The van der Waals surface area contributed by atoms with Crippen molar-refractivity contribution in [1.82, 2.24) is 0 Å². The van der Waals surface area contributed by atoms with Crippen LogP contribution in [0.15, 0.2) is 30.3 Å². The zero-order chi connectivity index (χ0) is 13.6. The molecule has 0 unspecified atom stereocenters. The van der Waals surface area contributed by atoms with Crippen molar-refractivity contribution >= 4 is 51.9 Å². The van der Waals surface area contributed by atoms with Crippen LogP contribution in [0.2, 0.25) is 14.4 Å². The summed E-state index contributed by atoms with van der Waals surface area (Å²) in [5.41, 5.74) is 0.784. The average Bonchev–Trinajstić information content (AvgIpc) is 3.02. The van der Waals surface area contributed by atoms with E-state index in [0.29, 0.717) is 19.3 Å². The van der Waals surface area contributed by atoms with Crippen LogP contribution in [0.4, 0.5) is 0 Å².